The first kappa shape index (κ1) is 20.6. The third-order valence-electron chi connectivity index (χ3n) is 5.52. The van der Waals surface area contributed by atoms with Crippen LogP contribution in [0.5, 0.6) is 0 Å². The zero-order valence-electron chi connectivity index (χ0n) is 17.2. The van der Waals surface area contributed by atoms with Crippen LogP contribution in [0.3, 0.4) is 0 Å². The van der Waals surface area contributed by atoms with Crippen LogP contribution in [-0.2, 0) is 10.0 Å². The van der Waals surface area contributed by atoms with E-state index in [9.17, 15) is 8.42 Å². The highest BCUT2D eigenvalue weighted by molar-refractivity contribution is 7.89. The molecule has 0 bridgehead atoms. The van der Waals surface area contributed by atoms with E-state index in [1.54, 1.807) is 23.5 Å². The predicted octanol–water partition coefficient (Wildman–Crippen LogP) is 3.79. The number of nitrogens with zero attached hydrogens (tertiary/aromatic N) is 3. The van der Waals surface area contributed by atoms with E-state index in [1.807, 2.05) is 36.8 Å². The first-order valence-electron chi connectivity index (χ1n) is 10.1. The van der Waals surface area contributed by atoms with Gasteiger partial charge in [-0.25, -0.2) is 23.1 Å². The number of benzene rings is 1. The quantitative estimate of drug-likeness (QED) is 0.399. The lowest BCUT2D eigenvalue weighted by Crippen LogP contribution is -2.49. The highest BCUT2D eigenvalue weighted by atomic mass is 32.2. The summed E-state index contributed by atoms with van der Waals surface area (Å²) in [6.07, 6.45) is 4.98. The van der Waals surface area contributed by atoms with Crippen molar-refractivity contribution in [2.24, 2.45) is 0 Å². The zero-order chi connectivity index (χ0) is 22.3. The molecule has 1 aliphatic carbocycles. The topological polar surface area (TPSA) is 124 Å². The second kappa shape index (κ2) is 8.02. The lowest BCUT2D eigenvalue weighted by atomic mass is 9.87. The van der Waals surface area contributed by atoms with Gasteiger partial charge < -0.3 is 10.3 Å². The number of hydrogen-bond acceptors (Lipinski definition) is 7. The summed E-state index contributed by atoms with van der Waals surface area (Å²) in [5, 5.41) is 16.5. The minimum atomic E-state index is -3.68. The summed E-state index contributed by atoms with van der Waals surface area (Å²) in [6, 6.07) is 9.95. The number of pyridine rings is 1. The van der Waals surface area contributed by atoms with Crippen molar-refractivity contribution in [2.75, 3.05) is 5.32 Å². The SMILES string of the molecule is Cc1csc(-c2cnc3[nH]ccc3c2NC2CC(NS(=O)(=O)c3cccc(C#N)c3)C2)n1. The fourth-order valence-electron chi connectivity index (χ4n) is 3.86. The van der Waals surface area contributed by atoms with E-state index in [-0.39, 0.29) is 17.0 Å². The Kier molecular flexibility index (Phi) is 5.17. The average Bonchev–Trinajstić information content (AvgIpc) is 3.41. The number of fused-ring (bicyclic) bond motifs is 1. The van der Waals surface area contributed by atoms with Gasteiger partial charge >= 0.3 is 0 Å². The molecule has 0 spiro atoms. The highest BCUT2D eigenvalue weighted by Crippen LogP contribution is 2.37. The number of H-pyrrole nitrogens is 1. The van der Waals surface area contributed by atoms with E-state index < -0.39 is 10.0 Å². The maximum absolute atomic E-state index is 12.7. The molecule has 3 N–H and O–H groups in total. The maximum atomic E-state index is 12.7. The molecule has 0 atom stereocenters. The first-order valence-corrected chi connectivity index (χ1v) is 12.5. The van der Waals surface area contributed by atoms with Crippen molar-refractivity contribution >= 4 is 38.1 Å². The Balaban J connectivity index is 1.32. The maximum Gasteiger partial charge on any atom is 0.240 e. The molecule has 1 fully saturated rings. The smallest absolute Gasteiger partial charge is 0.240 e. The van der Waals surface area contributed by atoms with Crippen LogP contribution in [0.25, 0.3) is 21.6 Å². The lowest BCUT2D eigenvalue weighted by Gasteiger charge is -2.37. The molecule has 1 aromatic carbocycles. The normalized spacial score (nSPS) is 18.2. The van der Waals surface area contributed by atoms with Gasteiger partial charge in [0.1, 0.15) is 10.7 Å². The predicted molar refractivity (Wildman–Crippen MR) is 124 cm³/mol. The number of rotatable bonds is 6. The summed E-state index contributed by atoms with van der Waals surface area (Å²) < 4.78 is 28.1. The van der Waals surface area contributed by atoms with Crippen molar-refractivity contribution in [3.63, 3.8) is 0 Å². The number of aromatic amines is 1. The fraction of sp³-hybridized carbons (Fsp3) is 0.227. The fourth-order valence-corrected chi connectivity index (χ4v) is 5.98. The van der Waals surface area contributed by atoms with Crippen molar-refractivity contribution < 1.29 is 8.42 Å². The Morgan fingerprint density at radius 2 is 2.09 bits per heavy atom. The highest BCUT2D eigenvalue weighted by Gasteiger charge is 2.33. The lowest BCUT2D eigenvalue weighted by molar-refractivity contribution is 0.346. The van der Waals surface area contributed by atoms with Crippen LogP contribution >= 0.6 is 11.3 Å². The number of aryl methyl sites for hydroxylation is 1. The van der Waals surface area contributed by atoms with Crippen LogP contribution in [0.15, 0.2) is 53.0 Å². The summed E-state index contributed by atoms with van der Waals surface area (Å²) in [7, 11) is -3.68. The van der Waals surface area contributed by atoms with Gasteiger partial charge in [0.15, 0.2) is 0 Å². The van der Waals surface area contributed by atoms with Crippen LogP contribution in [0.1, 0.15) is 24.1 Å². The average molecular weight is 465 g/mol. The van der Waals surface area contributed by atoms with E-state index in [4.69, 9.17) is 5.26 Å². The standard InChI is InChI=1S/C22H20N6O2S2/c1-13-12-31-22(26-13)19-11-25-21-18(5-6-24-21)20(19)27-15-8-16(9-15)28-32(29,30)17-4-2-3-14(7-17)10-23/h2-7,11-12,15-16,28H,8-9H2,1H3,(H2,24,25,27). The molecule has 0 saturated heterocycles. The van der Waals surface area contributed by atoms with Gasteiger partial charge in [0.25, 0.3) is 0 Å². The molecule has 0 aliphatic heterocycles. The molecule has 5 rings (SSSR count). The minimum Gasteiger partial charge on any atom is -0.381 e. The molecular formula is C22H20N6O2S2. The van der Waals surface area contributed by atoms with Gasteiger partial charge in [-0.1, -0.05) is 6.07 Å². The third-order valence-corrected chi connectivity index (χ3v) is 8.03. The van der Waals surface area contributed by atoms with Crippen molar-refractivity contribution in [1.82, 2.24) is 19.7 Å². The van der Waals surface area contributed by atoms with Crippen LogP contribution in [0.2, 0.25) is 0 Å². The van der Waals surface area contributed by atoms with E-state index in [2.05, 4.69) is 25.0 Å². The van der Waals surface area contributed by atoms with Gasteiger partial charge in [-0.2, -0.15) is 5.26 Å². The molecule has 1 aliphatic rings. The van der Waals surface area contributed by atoms with Crippen molar-refractivity contribution in [3.8, 4) is 16.6 Å². The summed E-state index contributed by atoms with van der Waals surface area (Å²) in [6.45, 7) is 1.96. The molecule has 0 amide bonds. The molecule has 32 heavy (non-hydrogen) atoms. The Labute approximate surface area is 189 Å². The van der Waals surface area contributed by atoms with Gasteiger partial charge in [-0.15, -0.1) is 11.3 Å². The van der Waals surface area contributed by atoms with Gasteiger partial charge in [-0.3, -0.25) is 0 Å². The van der Waals surface area contributed by atoms with E-state index >= 15 is 0 Å². The number of nitriles is 1. The van der Waals surface area contributed by atoms with Crippen molar-refractivity contribution in [3.05, 3.63) is 59.4 Å². The zero-order valence-corrected chi connectivity index (χ0v) is 18.8. The number of aromatic nitrogens is 3. The summed E-state index contributed by atoms with van der Waals surface area (Å²) in [4.78, 5) is 12.4. The Morgan fingerprint density at radius 3 is 2.84 bits per heavy atom. The Hall–Kier alpha value is -3.26. The molecule has 0 unspecified atom stereocenters. The number of anilines is 1. The van der Waals surface area contributed by atoms with E-state index in [0.717, 1.165) is 33.0 Å². The largest absolute Gasteiger partial charge is 0.381 e. The molecule has 3 heterocycles. The molecule has 10 heteroatoms. The van der Waals surface area contributed by atoms with Crippen molar-refractivity contribution in [1.29, 1.82) is 5.26 Å². The number of nitrogens with one attached hydrogen (secondary N) is 3. The van der Waals surface area contributed by atoms with Gasteiger partial charge in [0.05, 0.1) is 27.8 Å². The second-order valence-electron chi connectivity index (χ2n) is 7.85. The second-order valence-corrected chi connectivity index (χ2v) is 10.4. The summed E-state index contributed by atoms with van der Waals surface area (Å²) >= 11 is 1.57. The van der Waals surface area contributed by atoms with Crippen LogP contribution in [0.4, 0.5) is 5.69 Å². The number of thiazole rings is 1. The van der Waals surface area contributed by atoms with Gasteiger partial charge in [-0.05, 0) is 44.0 Å². The minimum absolute atomic E-state index is 0.109. The molecule has 162 valence electrons. The van der Waals surface area contributed by atoms with Crippen LogP contribution in [-0.4, -0.2) is 35.5 Å². The third kappa shape index (κ3) is 3.86. The first-order chi connectivity index (χ1) is 15.4. The Bertz CT molecular complexity index is 1440. The summed E-state index contributed by atoms with van der Waals surface area (Å²) in [5.74, 6) is 0. The number of sulfonamides is 1. The van der Waals surface area contributed by atoms with E-state index in [0.29, 0.717) is 18.4 Å². The molecule has 3 aromatic heterocycles. The molecule has 8 nitrogen and oxygen atoms in total. The monoisotopic (exact) mass is 464 g/mol. The van der Waals surface area contributed by atoms with Gasteiger partial charge in [0.2, 0.25) is 10.0 Å². The molecule has 0 radical (unpaired) electrons. The van der Waals surface area contributed by atoms with Gasteiger partial charge in [0, 0.05) is 40.9 Å². The van der Waals surface area contributed by atoms with E-state index in [1.165, 1.54) is 12.1 Å². The molecular weight excluding hydrogens is 444 g/mol. The summed E-state index contributed by atoms with van der Waals surface area (Å²) in [5.41, 5.74) is 3.97. The molecule has 4 aromatic rings. The Morgan fingerprint density at radius 1 is 1.25 bits per heavy atom. The van der Waals surface area contributed by atoms with Crippen LogP contribution < -0.4 is 10.0 Å². The van der Waals surface area contributed by atoms with Crippen LogP contribution in [0, 0.1) is 18.3 Å². The number of hydrogen-bond donors (Lipinski definition) is 3. The molecule has 1 saturated carbocycles. The van der Waals surface area contributed by atoms with Crippen molar-refractivity contribution in [2.45, 2.75) is 36.7 Å².